The monoisotopic (exact) mass is 225 g/mol. The number of fused-ring (bicyclic) bond motifs is 1. The molecule has 15 heavy (non-hydrogen) atoms. The summed E-state index contributed by atoms with van der Waals surface area (Å²) in [5.41, 5.74) is 0.0334. The van der Waals surface area contributed by atoms with Crippen molar-refractivity contribution in [1.82, 2.24) is 9.97 Å². The maximum absolute atomic E-state index is 10.6. The fourth-order valence-corrected chi connectivity index (χ4v) is 1.80. The first-order valence-electron chi connectivity index (χ1n) is 3.72. The van der Waals surface area contributed by atoms with Crippen molar-refractivity contribution < 1.29 is 14.8 Å². The predicted octanol–water partition coefficient (Wildman–Crippen LogP) is 1.30. The van der Waals surface area contributed by atoms with Gasteiger partial charge < -0.3 is 5.11 Å². The van der Waals surface area contributed by atoms with Crippen LogP contribution in [0.25, 0.3) is 10.3 Å². The molecule has 0 aliphatic heterocycles. The van der Waals surface area contributed by atoms with Gasteiger partial charge in [-0.15, -0.1) is 11.3 Å². The number of carbonyl (C=O) groups is 1. The third kappa shape index (κ3) is 1.62. The van der Waals surface area contributed by atoms with Gasteiger partial charge in [0.1, 0.15) is 6.20 Å². The number of pyridine rings is 1. The van der Waals surface area contributed by atoms with Crippen LogP contribution in [0.5, 0.6) is 0 Å². The molecular weight excluding hydrogens is 222 g/mol. The number of hydrogen-bond acceptors (Lipinski definition) is 6. The Balaban J connectivity index is 2.62. The molecule has 0 aliphatic rings. The molecule has 0 unspecified atom stereocenters. The molecule has 0 atom stereocenters. The molecule has 2 heterocycles. The van der Waals surface area contributed by atoms with E-state index in [9.17, 15) is 14.9 Å². The van der Waals surface area contributed by atoms with Crippen LogP contribution in [-0.2, 0) is 0 Å². The highest BCUT2D eigenvalue weighted by molar-refractivity contribution is 7.20. The first-order chi connectivity index (χ1) is 7.08. The van der Waals surface area contributed by atoms with Crippen molar-refractivity contribution in [2.24, 2.45) is 0 Å². The Hall–Kier alpha value is -2.09. The van der Waals surface area contributed by atoms with Gasteiger partial charge in [-0.1, -0.05) is 0 Å². The molecule has 0 aromatic carbocycles. The summed E-state index contributed by atoms with van der Waals surface area (Å²) in [6, 6.07) is 1.26. The standard InChI is InChI=1S/C7H3N3O4S/c11-7(12)6-9-5-4(15-6)1-3(2-8-5)10(13)14/h1-2H,(H,11,12). The van der Waals surface area contributed by atoms with Crippen molar-refractivity contribution in [2.45, 2.75) is 0 Å². The average Bonchev–Trinajstić information content (AvgIpc) is 2.59. The van der Waals surface area contributed by atoms with E-state index in [0.717, 1.165) is 17.5 Å². The zero-order chi connectivity index (χ0) is 11.0. The molecule has 1 N–H and O–H groups in total. The van der Waals surface area contributed by atoms with Crippen LogP contribution >= 0.6 is 11.3 Å². The van der Waals surface area contributed by atoms with Crippen molar-refractivity contribution >= 4 is 33.3 Å². The lowest BCUT2D eigenvalue weighted by atomic mass is 10.4. The maximum atomic E-state index is 10.6. The Labute approximate surface area is 86.2 Å². The van der Waals surface area contributed by atoms with E-state index >= 15 is 0 Å². The second-order valence-electron chi connectivity index (χ2n) is 2.60. The second-order valence-corrected chi connectivity index (χ2v) is 3.63. The van der Waals surface area contributed by atoms with Crippen LogP contribution in [0.1, 0.15) is 9.80 Å². The lowest BCUT2D eigenvalue weighted by molar-refractivity contribution is -0.385. The zero-order valence-electron chi connectivity index (χ0n) is 7.08. The molecule has 2 aromatic rings. The van der Waals surface area contributed by atoms with Gasteiger partial charge in [-0.05, 0) is 0 Å². The normalized spacial score (nSPS) is 10.4. The van der Waals surface area contributed by atoms with Crippen molar-refractivity contribution in [2.75, 3.05) is 0 Å². The first-order valence-corrected chi connectivity index (χ1v) is 4.54. The molecule has 0 saturated heterocycles. The van der Waals surface area contributed by atoms with Gasteiger partial charge in [-0.3, -0.25) is 10.1 Å². The predicted molar refractivity (Wildman–Crippen MR) is 51.0 cm³/mol. The Morgan fingerprint density at radius 3 is 2.93 bits per heavy atom. The lowest BCUT2D eigenvalue weighted by Crippen LogP contribution is -1.93. The summed E-state index contributed by atoms with van der Waals surface area (Å²) < 4.78 is 0.390. The van der Waals surface area contributed by atoms with Gasteiger partial charge in [0.25, 0.3) is 5.69 Å². The van der Waals surface area contributed by atoms with Gasteiger partial charge >= 0.3 is 5.97 Å². The molecule has 2 aromatic heterocycles. The van der Waals surface area contributed by atoms with Crippen LogP contribution in [0.15, 0.2) is 12.3 Å². The van der Waals surface area contributed by atoms with E-state index in [0.29, 0.717) is 4.70 Å². The number of carboxylic acids is 1. The Kier molecular flexibility index (Phi) is 2.05. The number of rotatable bonds is 2. The molecule has 0 amide bonds. The number of thiazole rings is 1. The SMILES string of the molecule is O=C(O)c1nc2ncc([N+](=O)[O-])cc2s1. The molecular formula is C7H3N3O4S. The largest absolute Gasteiger partial charge is 0.476 e. The highest BCUT2D eigenvalue weighted by Gasteiger charge is 2.14. The van der Waals surface area contributed by atoms with E-state index in [1.807, 2.05) is 0 Å². The molecule has 2 rings (SSSR count). The third-order valence-corrected chi connectivity index (χ3v) is 2.61. The molecule has 0 fully saturated rings. The van der Waals surface area contributed by atoms with Gasteiger partial charge in [0, 0.05) is 6.07 Å². The number of nitrogens with zero attached hydrogens (tertiary/aromatic N) is 3. The van der Waals surface area contributed by atoms with Crippen LogP contribution in [0.3, 0.4) is 0 Å². The Bertz CT molecular complexity index is 552. The summed E-state index contributed by atoms with van der Waals surface area (Å²) in [6.07, 6.45) is 1.05. The van der Waals surface area contributed by atoms with Crippen LogP contribution in [0.2, 0.25) is 0 Å². The molecule has 0 radical (unpaired) electrons. The molecule has 0 spiro atoms. The third-order valence-electron chi connectivity index (χ3n) is 1.63. The van der Waals surface area contributed by atoms with E-state index in [1.54, 1.807) is 0 Å². The summed E-state index contributed by atoms with van der Waals surface area (Å²) in [5.74, 6) is -1.17. The Morgan fingerprint density at radius 2 is 2.33 bits per heavy atom. The van der Waals surface area contributed by atoms with E-state index in [2.05, 4.69) is 9.97 Å². The van der Waals surface area contributed by atoms with E-state index < -0.39 is 10.9 Å². The maximum Gasteiger partial charge on any atom is 0.365 e. The Morgan fingerprint density at radius 1 is 1.60 bits per heavy atom. The highest BCUT2D eigenvalue weighted by atomic mass is 32.1. The second kappa shape index (κ2) is 3.24. The van der Waals surface area contributed by atoms with Crippen LogP contribution in [-0.4, -0.2) is 26.0 Å². The topological polar surface area (TPSA) is 106 Å². The minimum absolute atomic E-state index is 0.127. The van der Waals surface area contributed by atoms with Crippen molar-refractivity contribution in [3.8, 4) is 0 Å². The summed E-state index contributed by atoms with van der Waals surface area (Å²) in [7, 11) is 0. The molecule has 8 heteroatoms. The molecule has 0 bridgehead atoms. The van der Waals surface area contributed by atoms with Crippen molar-refractivity contribution in [1.29, 1.82) is 0 Å². The number of hydrogen-bond donors (Lipinski definition) is 1. The summed E-state index contributed by atoms with van der Waals surface area (Å²) in [5, 5.41) is 18.9. The van der Waals surface area contributed by atoms with E-state index in [-0.39, 0.29) is 16.3 Å². The molecule has 76 valence electrons. The van der Waals surface area contributed by atoms with Crippen molar-refractivity contribution in [3.05, 3.63) is 27.4 Å². The van der Waals surface area contributed by atoms with Gasteiger partial charge in [0.15, 0.2) is 5.65 Å². The van der Waals surface area contributed by atoms with Crippen LogP contribution in [0, 0.1) is 10.1 Å². The molecule has 7 nitrogen and oxygen atoms in total. The number of aromatic carboxylic acids is 1. The van der Waals surface area contributed by atoms with Crippen LogP contribution in [0.4, 0.5) is 5.69 Å². The quantitative estimate of drug-likeness (QED) is 0.609. The number of carboxylic acid groups (broad SMARTS) is 1. The highest BCUT2D eigenvalue weighted by Crippen LogP contribution is 2.24. The van der Waals surface area contributed by atoms with Gasteiger partial charge in [0.05, 0.1) is 9.62 Å². The lowest BCUT2D eigenvalue weighted by Gasteiger charge is -1.88. The van der Waals surface area contributed by atoms with Gasteiger partial charge in [-0.25, -0.2) is 14.8 Å². The summed E-state index contributed by atoms with van der Waals surface area (Å²) >= 11 is 0.859. The minimum atomic E-state index is -1.17. The number of nitro groups is 1. The average molecular weight is 225 g/mol. The van der Waals surface area contributed by atoms with Gasteiger partial charge in [-0.2, -0.15) is 0 Å². The summed E-state index contributed by atoms with van der Waals surface area (Å²) in [4.78, 5) is 27.8. The smallest absolute Gasteiger partial charge is 0.365 e. The van der Waals surface area contributed by atoms with Gasteiger partial charge in [0.2, 0.25) is 5.01 Å². The summed E-state index contributed by atoms with van der Waals surface area (Å²) in [6.45, 7) is 0. The van der Waals surface area contributed by atoms with E-state index in [4.69, 9.17) is 5.11 Å². The zero-order valence-corrected chi connectivity index (χ0v) is 7.89. The minimum Gasteiger partial charge on any atom is -0.476 e. The van der Waals surface area contributed by atoms with Crippen LogP contribution < -0.4 is 0 Å². The molecule has 0 saturated carbocycles. The van der Waals surface area contributed by atoms with Crippen molar-refractivity contribution in [3.63, 3.8) is 0 Å². The first kappa shape index (κ1) is 9.46. The molecule has 0 aliphatic carbocycles. The fraction of sp³-hybridized carbons (Fsp3) is 0. The van der Waals surface area contributed by atoms with E-state index in [1.165, 1.54) is 6.07 Å². The fourth-order valence-electron chi connectivity index (χ4n) is 1.00. The number of aromatic nitrogens is 2.